The third kappa shape index (κ3) is 6.03. The Kier molecular flexibility index (Phi) is 7.48. The van der Waals surface area contributed by atoms with Gasteiger partial charge in [0.1, 0.15) is 5.69 Å². The van der Waals surface area contributed by atoms with Crippen LogP contribution < -0.4 is 15.5 Å². The van der Waals surface area contributed by atoms with Crippen LogP contribution in [0.3, 0.4) is 0 Å². The monoisotopic (exact) mass is 470 g/mol. The third-order valence-corrected chi connectivity index (χ3v) is 5.99. The average Bonchev–Trinajstić information content (AvgIpc) is 2.72. The standard InChI is InChI=1S/C22H26ClF3N4O2/c1-13(31)27-10-9-21(32)28-15-4-6-16(7-5-15)30(2)19-12-20(22(24,25)26)29-18-8-3-14(23)11-17(18)19/h3,8,11-12,15-16H,4-7,9-10H2,1-2H3,(H,27,31)(H,28,32). The molecular weight excluding hydrogens is 445 g/mol. The van der Waals surface area contributed by atoms with Crippen LogP contribution in [0.25, 0.3) is 10.9 Å². The predicted molar refractivity (Wildman–Crippen MR) is 118 cm³/mol. The zero-order chi connectivity index (χ0) is 23.5. The summed E-state index contributed by atoms with van der Waals surface area (Å²) in [5.41, 5.74) is -0.256. The molecule has 0 aliphatic heterocycles. The number of aromatic nitrogens is 1. The van der Waals surface area contributed by atoms with Gasteiger partial charge in [-0.3, -0.25) is 9.59 Å². The van der Waals surface area contributed by atoms with E-state index in [0.717, 1.165) is 31.7 Å². The van der Waals surface area contributed by atoms with Crippen molar-refractivity contribution < 1.29 is 22.8 Å². The van der Waals surface area contributed by atoms with Crippen molar-refractivity contribution in [3.05, 3.63) is 35.0 Å². The Morgan fingerprint density at radius 2 is 1.88 bits per heavy atom. The lowest BCUT2D eigenvalue weighted by molar-refractivity contribution is -0.141. The van der Waals surface area contributed by atoms with Gasteiger partial charge in [0.25, 0.3) is 0 Å². The van der Waals surface area contributed by atoms with E-state index in [1.807, 2.05) is 4.90 Å². The number of rotatable bonds is 6. The van der Waals surface area contributed by atoms with Crippen molar-refractivity contribution in [3.8, 4) is 0 Å². The fourth-order valence-corrected chi connectivity index (χ4v) is 4.25. The number of amides is 2. The van der Waals surface area contributed by atoms with Crippen molar-refractivity contribution in [1.82, 2.24) is 15.6 Å². The second-order valence-electron chi connectivity index (χ2n) is 8.10. The van der Waals surface area contributed by atoms with Gasteiger partial charge in [0.2, 0.25) is 11.8 Å². The number of halogens is 4. The minimum atomic E-state index is -4.55. The normalized spacial score (nSPS) is 18.9. The molecule has 0 radical (unpaired) electrons. The van der Waals surface area contributed by atoms with Crippen LogP contribution in [0.5, 0.6) is 0 Å². The highest BCUT2D eigenvalue weighted by molar-refractivity contribution is 6.31. The predicted octanol–water partition coefficient (Wildman–Crippen LogP) is 4.30. The largest absolute Gasteiger partial charge is 0.433 e. The third-order valence-electron chi connectivity index (χ3n) is 5.75. The quantitative estimate of drug-likeness (QED) is 0.660. The molecule has 3 rings (SSSR count). The van der Waals surface area contributed by atoms with Crippen LogP contribution in [-0.2, 0) is 15.8 Å². The molecular formula is C22H26ClF3N4O2. The minimum Gasteiger partial charge on any atom is -0.371 e. The Bertz CT molecular complexity index is 991. The number of hydrogen-bond donors (Lipinski definition) is 2. The summed E-state index contributed by atoms with van der Waals surface area (Å²) in [5, 5.41) is 6.56. The van der Waals surface area contributed by atoms with Crippen LogP contribution in [-0.4, -0.2) is 42.5 Å². The van der Waals surface area contributed by atoms with Gasteiger partial charge in [0.05, 0.1) is 5.52 Å². The molecule has 1 fully saturated rings. The number of hydrogen-bond acceptors (Lipinski definition) is 4. The lowest BCUT2D eigenvalue weighted by atomic mass is 9.89. The summed E-state index contributed by atoms with van der Waals surface area (Å²) < 4.78 is 40.2. The van der Waals surface area contributed by atoms with Gasteiger partial charge in [0.15, 0.2) is 0 Å². The molecule has 0 unspecified atom stereocenters. The first-order chi connectivity index (χ1) is 15.0. The smallest absolute Gasteiger partial charge is 0.371 e. The van der Waals surface area contributed by atoms with Crippen molar-refractivity contribution in [2.24, 2.45) is 0 Å². The molecule has 2 N–H and O–H groups in total. The van der Waals surface area contributed by atoms with Crippen LogP contribution >= 0.6 is 11.6 Å². The van der Waals surface area contributed by atoms with Crippen molar-refractivity contribution in [3.63, 3.8) is 0 Å². The van der Waals surface area contributed by atoms with Gasteiger partial charge < -0.3 is 15.5 Å². The second-order valence-corrected chi connectivity index (χ2v) is 8.54. The Labute approximate surface area is 189 Å². The molecule has 1 saturated carbocycles. The molecule has 0 atom stereocenters. The topological polar surface area (TPSA) is 74.3 Å². The summed E-state index contributed by atoms with van der Waals surface area (Å²) in [6.45, 7) is 1.69. The first-order valence-corrected chi connectivity index (χ1v) is 10.9. The molecule has 2 aromatic rings. The number of fused-ring (bicyclic) bond motifs is 1. The summed E-state index contributed by atoms with van der Waals surface area (Å²) in [4.78, 5) is 28.6. The van der Waals surface area contributed by atoms with E-state index < -0.39 is 11.9 Å². The fraction of sp³-hybridized carbons (Fsp3) is 0.500. The molecule has 10 heteroatoms. The zero-order valence-electron chi connectivity index (χ0n) is 17.9. The van der Waals surface area contributed by atoms with Gasteiger partial charge in [-0.25, -0.2) is 4.98 Å². The maximum absolute atomic E-state index is 13.4. The molecule has 1 aromatic carbocycles. The molecule has 1 aliphatic carbocycles. The maximum atomic E-state index is 13.4. The maximum Gasteiger partial charge on any atom is 0.433 e. The van der Waals surface area contributed by atoms with E-state index >= 15 is 0 Å². The summed E-state index contributed by atoms with van der Waals surface area (Å²) >= 11 is 6.10. The average molecular weight is 471 g/mol. The van der Waals surface area contributed by atoms with Crippen molar-refractivity contribution in [1.29, 1.82) is 0 Å². The van der Waals surface area contributed by atoms with Crippen LogP contribution in [0.1, 0.15) is 44.7 Å². The minimum absolute atomic E-state index is 0.0128. The molecule has 1 aromatic heterocycles. The summed E-state index contributed by atoms with van der Waals surface area (Å²) in [7, 11) is 1.78. The second kappa shape index (κ2) is 9.94. The molecule has 2 amide bonds. The van der Waals surface area contributed by atoms with Crippen LogP contribution in [0.4, 0.5) is 18.9 Å². The Hall–Kier alpha value is -2.55. The number of carbonyl (C=O) groups excluding carboxylic acids is 2. The molecule has 6 nitrogen and oxygen atoms in total. The molecule has 0 bridgehead atoms. The van der Waals surface area contributed by atoms with Crippen molar-refractivity contribution in [2.75, 3.05) is 18.5 Å². The van der Waals surface area contributed by atoms with Crippen LogP contribution in [0.15, 0.2) is 24.3 Å². The van der Waals surface area contributed by atoms with Gasteiger partial charge in [-0.15, -0.1) is 0 Å². The molecule has 1 heterocycles. The first kappa shape index (κ1) is 24.1. The Morgan fingerprint density at radius 1 is 1.19 bits per heavy atom. The number of nitrogens with zero attached hydrogens (tertiary/aromatic N) is 2. The molecule has 1 aliphatic rings. The van der Waals surface area contributed by atoms with E-state index in [1.54, 1.807) is 13.1 Å². The fourth-order valence-electron chi connectivity index (χ4n) is 4.07. The lowest BCUT2D eigenvalue weighted by Gasteiger charge is -2.37. The number of anilines is 1. The molecule has 0 spiro atoms. The molecule has 32 heavy (non-hydrogen) atoms. The Morgan fingerprint density at radius 3 is 2.50 bits per heavy atom. The van der Waals surface area contributed by atoms with Gasteiger partial charge in [0, 0.05) is 55.1 Å². The van der Waals surface area contributed by atoms with Gasteiger partial charge in [-0.05, 0) is 49.9 Å². The summed E-state index contributed by atoms with van der Waals surface area (Å²) in [6.07, 6.45) is -1.46. The van der Waals surface area contributed by atoms with E-state index in [0.29, 0.717) is 22.6 Å². The number of alkyl halides is 3. The number of nitrogens with one attached hydrogen (secondary N) is 2. The number of carbonyl (C=O) groups is 2. The van der Waals surface area contributed by atoms with Gasteiger partial charge in [-0.1, -0.05) is 11.6 Å². The highest BCUT2D eigenvalue weighted by atomic mass is 35.5. The SMILES string of the molecule is CC(=O)NCCC(=O)NC1CCC(N(C)c2cc(C(F)(F)F)nc3ccc(Cl)cc23)CC1. The molecule has 0 saturated heterocycles. The first-order valence-electron chi connectivity index (χ1n) is 10.5. The van der Waals surface area contributed by atoms with E-state index in [2.05, 4.69) is 15.6 Å². The van der Waals surface area contributed by atoms with Gasteiger partial charge >= 0.3 is 6.18 Å². The van der Waals surface area contributed by atoms with Crippen LogP contribution in [0, 0.1) is 0 Å². The van der Waals surface area contributed by atoms with Crippen molar-refractivity contribution in [2.45, 2.75) is 57.3 Å². The number of benzene rings is 1. The number of pyridine rings is 1. The highest BCUT2D eigenvalue weighted by Crippen LogP contribution is 2.37. The lowest BCUT2D eigenvalue weighted by Crippen LogP contribution is -2.43. The van der Waals surface area contributed by atoms with E-state index in [-0.39, 0.29) is 35.8 Å². The van der Waals surface area contributed by atoms with E-state index in [9.17, 15) is 22.8 Å². The van der Waals surface area contributed by atoms with Gasteiger partial charge in [-0.2, -0.15) is 13.2 Å². The zero-order valence-corrected chi connectivity index (χ0v) is 18.7. The van der Waals surface area contributed by atoms with E-state index in [4.69, 9.17) is 11.6 Å². The van der Waals surface area contributed by atoms with Crippen LogP contribution in [0.2, 0.25) is 5.02 Å². The summed E-state index contributed by atoms with van der Waals surface area (Å²) in [5.74, 6) is -0.305. The highest BCUT2D eigenvalue weighted by Gasteiger charge is 2.34. The Balaban J connectivity index is 1.69. The molecule has 174 valence electrons. The van der Waals surface area contributed by atoms with E-state index in [1.165, 1.54) is 19.1 Å². The van der Waals surface area contributed by atoms with Crippen molar-refractivity contribution >= 4 is 40.0 Å². The summed E-state index contributed by atoms with van der Waals surface area (Å²) in [6, 6.07) is 5.77.